The lowest BCUT2D eigenvalue weighted by molar-refractivity contribution is 0.663. The van der Waals surface area contributed by atoms with Crippen LogP contribution in [0.1, 0.15) is 12.8 Å². The predicted molar refractivity (Wildman–Crippen MR) is 63.6 cm³/mol. The molecule has 1 N–H and O–H groups in total. The summed E-state index contributed by atoms with van der Waals surface area (Å²) in [5.41, 5.74) is 0.143. The van der Waals surface area contributed by atoms with Crippen LogP contribution in [0.5, 0.6) is 0 Å². The van der Waals surface area contributed by atoms with Crippen LogP contribution in [0.15, 0.2) is 11.0 Å². The Morgan fingerprint density at radius 3 is 3.06 bits per heavy atom. The summed E-state index contributed by atoms with van der Waals surface area (Å²) in [6.07, 6.45) is 9.02. The lowest BCUT2D eigenvalue weighted by Crippen LogP contribution is -2.26. The zero-order valence-electron chi connectivity index (χ0n) is 8.74. The van der Waals surface area contributed by atoms with E-state index in [0.29, 0.717) is 16.6 Å². The quantitative estimate of drug-likeness (QED) is 0.805. The Morgan fingerprint density at radius 1 is 1.69 bits per heavy atom. The van der Waals surface area contributed by atoms with E-state index in [2.05, 4.69) is 16.3 Å². The van der Waals surface area contributed by atoms with Gasteiger partial charge in [0.25, 0.3) is 5.56 Å². The molecule has 0 unspecified atom stereocenters. The van der Waals surface area contributed by atoms with E-state index < -0.39 is 0 Å². The highest BCUT2D eigenvalue weighted by molar-refractivity contribution is 6.32. The van der Waals surface area contributed by atoms with Crippen LogP contribution >= 0.6 is 11.6 Å². The minimum atomic E-state index is -0.258. The van der Waals surface area contributed by atoms with Crippen molar-refractivity contribution in [2.45, 2.75) is 19.4 Å². The Balaban J connectivity index is 2.23. The highest BCUT2D eigenvalue weighted by Crippen LogP contribution is 2.29. The fraction of sp³-hybridized carbons (Fsp3) is 0.455. The van der Waals surface area contributed by atoms with Crippen molar-refractivity contribution in [3.63, 3.8) is 0 Å². The van der Waals surface area contributed by atoms with E-state index in [1.807, 2.05) is 0 Å². The van der Waals surface area contributed by atoms with E-state index in [4.69, 9.17) is 18.0 Å². The molecule has 0 bridgehead atoms. The van der Waals surface area contributed by atoms with Gasteiger partial charge in [-0.2, -0.15) is 5.10 Å². The highest BCUT2D eigenvalue weighted by Gasteiger charge is 2.21. The zero-order valence-corrected chi connectivity index (χ0v) is 9.50. The number of anilines is 1. The molecule has 0 radical (unpaired) electrons. The minimum Gasteiger partial charge on any atom is -0.379 e. The van der Waals surface area contributed by atoms with Gasteiger partial charge in [0, 0.05) is 6.54 Å². The molecule has 4 nitrogen and oxygen atoms in total. The fourth-order valence-corrected chi connectivity index (χ4v) is 1.59. The second kappa shape index (κ2) is 4.58. The number of nitrogens with zero attached hydrogens (tertiary/aromatic N) is 2. The van der Waals surface area contributed by atoms with Crippen LogP contribution in [0.4, 0.5) is 5.69 Å². The molecule has 1 heterocycles. The van der Waals surface area contributed by atoms with Crippen LogP contribution in [0.3, 0.4) is 0 Å². The molecule has 1 aromatic heterocycles. The van der Waals surface area contributed by atoms with Crippen LogP contribution in [0.2, 0.25) is 5.02 Å². The molecule has 0 aromatic carbocycles. The molecule has 1 saturated carbocycles. The smallest absolute Gasteiger partial charge is 0.292 e. The molecule has 1 aromatic rings. The molecule has 0 saturated heterocycles. The predicted octanol–water partition coefficient (Wildman–Crippen LogP) is 1.35. The summed E-state index contributed by atoms with van der Waals surface area (Å²) in [4.78, 5) is 11.9. The van der Waals surface area contributed by atoms with Crippen LogP contribution < -0.4 is 10.9 Å². The average molecular weight is 238 g/mol. The van der Waals surface area contributed by atoms with Gasteiger partial charge in [-0.25, -0.2) is 4.68 Å². The summed E-state index contributed by atoms with van der Waals surface area (Å²) in [5, 5.41) is 7.27. The van der Waals surface area contributed by atoms with Gasteiger partial charge in [0.1, 0.15) is 12.2 Å². The minimum absolute atomic E-state index is 0.161. The molecule has 1 fully saturated rings. The van der Waals surface area contributed by atoms with Crippen LogP contribution in [-0.2, 0) is 6.54 Å². The van der Waals surface area contributed by atoms with Crippen molar-refractivity contribution in [1.29, 1.82) is 0 Å². The summed E-state index contributed by atoms with van der Waals surface area (Å²) < 4.78 is 1.22. The van der Waals surface area contributed by atoms with E-state index in [0.717, 1.165) is 6.54 Å². The molecule has 84 valence electrons. The first-order valence-corrected chi connectivity index (χ1v) is 5.53. The average Bonchev–Trinajstić information content (AvgIpc) is 3.06. The van der Waals surface area contributed by atoms with Gasteiger partial charge < -0.3 is 5.32 Å². The van der Waals surface area contributed by atoms with Gasteiger partial charge in [0.15, 0.2) is 0 Å². The number of rotatable bonds is 4. The lowest BCUT2D eigenvalue weighted by atomic mass is 10.4. The molecule has 0 aliphatic heterocycles. The van der Waals surface area contributed by atoms with Gasteiger partial charge in [-0.1, -0.05) is 17.5 Å². The summed E-state index contributed by atoms with van der Waals surface area (Å²) in [5.74, 6) is 3.05. The molecule has 1 aliphatic rings. The van der Waals surface area contributed by atoms with Gasteiger partial charge >= 0.3 is 0 Å². The largest absolute Gasteiger partial charge is 0.379 e. The Kier molecular flexibility index (Phi) is 3.16. The number of halogens is 1. The van der Waals surface area contributed by atoms with E-state index in [-0.39, 0.29) is 12.1 Å². The van der Waals surface area contributed by atoms with Crippen molar-refractivity contribution >= 4 is 17.3 Å². The first-order chi connectivity index (χ1) is 7.72. The van der Waals surface area contributed by atoms with Gasteiger partial charge in [0.05, 0.1) is 11.2 Å². The highest BCUT2D eigenvalue weighted by atomic mass is 35.5. The van der Waals surface area contributed by atoms with Gasteiger partial charge in [-0.3, -0.25) is 4.79 Å². The number of hydrogen-bond acceptors (Lipinski definition) is 3. The Morgan fingerprint density at radius 2 is 2.44 bits per heavy atom. The van der Waals surface area contributed by atoms with Crippen molar-refractivity contribution in [3.8, 4) is 12.3 Å². The standard InChI is InChI=1S/C11H12ClN3O/c1-2-5-15-11(16)10(9(12)7-14-15)13-6-8-3-4-8/h1,7-8,13H,3-6H2. The van der Waals surface area contributed by atoms with Gasteiger partial charge in [-0.15, -0.1) is 6.42 Å². The number of nitrogens with one attached hydrogen (secondary N) is 1. The fourth-order valence-electron chi connectivity index (χ4n) is 1.40. The summed E-state index contributed by atoms with van der Waals surface area (Å²) in [7, 11) is 0. The molecule has 2 rings (SSSR count). The monoisotopic (exact) mass is 237 g/mol. The summed E-state index contributed by atoms with van der Waals surface area (Å²) in [6.45, 7) is 0.948. The molecular formula is C11H12ClN3O. The van der Waals surface area contributed by atoms with Crippen molar-refractivity contribution in [2.24, 2.45) is 5.92 Å². The molecule has 0 amide bonds. The van der Waals surface area contributed by atoms with E-state index in [1.165, 1.54) is 23.7 Å². The van der Waals surface area contributed by atoms with Crippen LogP contribution in [-0.4, -0.2) is 16.3 Å². The third-order valence-corrected chi connectivity index (χ3v) is 2.79. The van der Waals surface area contributed by atoms with Gasteiger partial charge in [-0.05, 0) is 18.8 Å². The SMILES string of the molecule is C#CCn1ncc(Cl)c(NCC2CC2)c1=O. The molecule has 0 spiro atoms. The lowest BCUT2D eigenvalue weighted by Gasteiger charge is -2.08. The van der Waals surface area contributed by atoms with E-state index >= 15 is 0 Å². The Hall–Kier alpha value is -1.47. The zero-order chi connectivity index (χ0) is 11.5. The third kappa shape index (κ3) is 2.37. The molecule has 1 aliphatic carbocycles. The van der Waals surface area contributed by atoms with Crippen LogP contribution in [0.25, 0.3) is 0 Å². The molecular weight excluding hydrogens is 226 g/mol. The Labute approximate surface area is 98.6 Å². The van der Waals surface area contributed by atoms with Crippen molar-refractivity contribution < 1.29 is 0 Å². The van der Waals surface area contributed by atoms with Crippen molar-refractivity contribution in [1.82, 2.24) is 9.78 Å². The van der Waals surface area contributed by atoms with Crippen LogP contribution in [0, 0.1) is 18.3 Å². The second-order valence-corrected chi connectivity index (χ2v) is 4.27. The first kappa shape index (κ1) is 11.0. The topological polar surface area (TPSA) is 46.9 Å². The maximum atomic E-state index is 11.9. The summed E-state index contributed by atoms with van der Waals surface area (Å²) in [6, 6.07) is 0. The molecule has 16 heavy (non-hydrogen) atoms. The van der Waals surface area contributed by atoms with E-state index in [1.54, 1.807) is 0 Å². The maximum absolute atomic E-state index is 11.9. The number of aromatic nitrogens is 2. The molecule has 5 heteroatoms. The third-order valence-electron chi connectivity index (χ3n) is 2.50. The number of hydrogen-bond donors (Lipinski definition) is 1. The Bertz CT molecular complexity index is 485. The van der Waals surface area contributed by atoms with Crippen molar-refractivity contribution in [2.75, 3.05) is 11.9 Å². The maximum Gasteiger partial charge on any atom is 0.292 e. The van der Waals surface area contributed by atoms with Gasteiger partial charge in [0.2, 0.25) is 0 Å². The first-order valence-electron chi connectivity index (χ1n) is 5.15. The normalized spacial score (nSPS) is 14.5. The van der Waals surface area contributed by atoms with E-state index in [9.17, 15) is 4.79 Å². The molecule has 0 atom stereocenters. The second-order valence-electron chi connectivity index (χ2n) is 3.86. The van der Waals surface area contributed by atoms with Crippen molar-refractivity contribution in [3.05, 3.63) is 21.6 Å². The summed E-state index contributed by atoms with van der Waals surface area (Å²) >= 11 is 5.92. The number of terminal acetylenes is 1.